The summed E-state index contributed by atoms with van der Waals surface area (Å²) in [6, 6.07) is 12.1. The van der Waals surface area contributed by atoms with Gasteiger partial charge in [0, 0.05) is 23.0 Å². The van der Waals surface area contributed by atoms with Gasteiger partial charge in [-0.2, -0.15) is 0 Å². The van der Waals surface area contributed by atoms with Crippen LogP contribution in [0.25, 0.3) is 0 Å². The molecule has 0 aliphatic carbocycles. The second-order valence-electron chi connectivity index (χ2n) is 5.01. The Labute approximate surface area is 131 Å². The monoisotopic (exact) mass is 304 g/mol. The highest BCUT2D eigenvalue weighted by molar-refractivity contribution is 6.30. The molecule has 112 valence electrons. The molecule has 0 spiro atoms. The zero-order valence-corrected chi connectivity index (χ0v) is 13.2. The summed E-state index contributed by atoms with van der Waals surface area (Å²) in [4.78, 5) is 4.37. The van der Waals surface area contributed by atoms with Gasteiger partial charge in [0.25, 0.3) is 0 Å². The smallest absolute Gasteiger partial charge is 0.122 e. The summed E-state index contributed by atoms with van der Waals surface area (Å²) in [5.74, 6) is 0.887. The molecular weight excluding hydrogens is 284 g/mol. The molecular formula is C17H21ClN2O. The summed E-state index contributed by atoms with van der Waals surface area (Å²) in [5.41, 5.74) is 2.25. The fraction of sp³-hybridized carbons (Fsp3) is 0.353. The Morgan fingerprint density at radius 3 is 2.81 bits per heavy atom. The van der Waals surface area contributed by atoms with Crippen molar-refractivity contribution in [2.24, 2.45) is 0 Å². The van der Waals surface area contributed by atoms with Gasteiger partial charge >= 0.3 is 0 Å². The maximum atomic E-state index is 6.09. The minimum atomic E-state index is 0.361. The number of nitrogens with zero attached hydrogens (tertiary/aromatic N) is 1. The van der Waals surface area contributed by atoms with Gasteiger partial charge in [-0.3, -0.25) is 4.98 Å². The molecule has 0 aliphatic rings. The van der Waals surface area contributed by atoms with Crippen molar-refractivity contribution in [1.82, 2.24) is 10.3 Å². The van der Waals surface area contributed by atoms with Crippen LogP contribution in [0.1, 0.15) is 17.7 Å². The second kappa shape index (κ2) is 8.01. The SMILES string of the molecule is CNC(CCc1ccccn1)Cc1cc(Cl)ccc1OC. The number of aromatic nitrogens is 1. The number of aryl methyl sites for hydroxylation is 1. The molecule has 1 unspecified atom stereocenters. The first kappa shape index (κ1) is 15.8. The van der Waals surface area contributed by atoms with Gasteiger partial charge in [0.2, 0.25) is 0 Å². The van der Waals surface area contributed by atoms with Crippen molar-refractivity contribution in [2.45, 2.75) is 25.3 Å². The number of hydrogen-bond donors (Lipinski definition) is 1. The number of halogens is 1. The van der Waals surface area contributed by atoms with Crippen LogP contribution in [-0.4, -0.2) is 25.2 Å². The molecule has 2 aromatic rings. The third-order valence-electron chi connectivity index (χ3n) is 3.59. The van der Waals surface area contributed by atoms with Crippen LogP contribution in [0.4, 0.5) is 0 Å². The number of likely N-dealkylation sites (N-methyl/N-ethyl adjacent to an activating group) is 1. The summed E-state index contributed by atoms with van der Waals surface area (Å²) in [6.45, 7) is 0. The number of methoxy groups -OCH3 is 1. The van der Waals surface area contributed by atoms with Crippen molar-refractivity contribution in [3.63, 3.8) is 0 Å². The molecule has 3 nitrogen and oxygen atoms in total. The molecule has 1 heterocycles. The molecule has 4 heteroatoms. The van der Waals surface area contributed by atoms with Crippen LogP contribution in [0.15, 0.2) is 42.6 Å². The van der Waals surface area contributed by atoms with Crippen LogP contribution in [0.5, 0.6) is 5.75 Å². The van der Waals surface area contributed by atoms with Crippen LogP contribution >= 0.6 is 11.6 Å². The van der Waals surface area contributed by atoms with E-state index in [1.807, 2.05) is 43.6 Å². The summed E-state index contributed by atoms with van der Waals surface area (Å²) in [7, 11) is 3.68. The lowest BCUT2D eigenvalue weighted by atomic mass is 10.00. The summed E-state index contributed by atoms with van der Waals surface area (Å²) in [5, 5.41) is 4.11. The van der Waals surface area contributed by atoms with E-state index >= 15 is 0 Å². The van der Waals surface area contributed by atoms with Crippen LogP contribution < -0.4 is 10.1 Å². The van der Waals surface area contributed by atoms with Crippen molar-refractivity contribution >= 4 is 11.6 Å². The van der Waals surface area contributed by atoms with E-state index in [0.29, 0.717) is 6.04 Å². The highest BCUT2D eigenvalue weighted by atomic mass is 35.5. The van der Waals surface area contributed by atoms with Crippen molar-refractivity contribution in [3.8, 4) is 5.75 Å². The van der Waals surface area contributed by atoms with Crippen molar-refractivity contribution < 1.29 is 4.74 Å². The molecule has 1 atom stereocenters. The predicted octanol–water partition coefficient (Wildman–Crippen LogP) is 3.51. The topological polar surface area (TPSA) is 34.2 Å². The minimum Gasteiger partial charge on any atom is -0.496 e. The molecule has 1 N–H and O–H groups in total. The van der Waals surface area contributed by atoms with Gasteiger partial charge in [-0.05, 0) is 62.2 Å². The first-order chi connectivity index (χ1) is 10.2. The molecule has 2 rings (SSSR count). The van der Waals surface area contributed by atoms with E-state index in [9.17, 15) is 0 Å². The Bertz CT molecular complexity index is 560. The molecule has 21 heavy (non-hydrogen) atoms. The van der Waals surface area contributed by atoms with Gasteiger partial charge in [0.1, 0.15) is 5.75 Å². The van der Waals surface area contributed by atoms with E-state index in [1.165, 1.54) is 0 Å². The molecule has 0 bridgehead atoms. The minimum absolute atomic E-state index is 0.361. The van der Waals surface area contributed by atoms with Crippen molar-refractivity contribution in [1.29, 1.82) is 0 Å². The number of pyridine rings is 1. The highest BCUT2D eigenvalue weighted by Crippen LogP contribution is 2.24. The first-order valence-electron chi connectivity index (χ1n) is 7.12. The number of benzene rings is 1. The number of nitrogens with one attached hydrogen (secondary N) is 1. The van der Waals surface area contributed by atoms with E-state index in [-0.39, 0.29) is 0 Å². The molecule has 0 fully saturated rings. The molecule has 0 saturated carbocycles. The van der Waals surface area contributed by atoms with E-state index in [2.05, 4.69) is 16.4 Å². The third-order valence-corrected chi connectivity index (χ3v) is 3.83. The molecule has 0 radical (unpaired) electrons. The molecule has 1 aromatic heterocycles. The van der Waals surface area contributed by atoms with Crippen LogP contribution in [0, 0.1) is 0 Å². The Hall–Kier alpha value is -1.58. The van der Waals surface area contributed by atoms with Gasteiger partial charge in [-0.15, -0.1) is 0 Å². The molecule has 0 amide bonds. The zero-order valence-electron chi connectivity index (χ0n) is 12.5. The van der Waals surface area contributed by atoms with Crippen molar-refractivity contribution in [3.05, 3.63) is 58.9 Å². The number of hydrogen-bond acceptors (Lipinski definition) is 3. The predicted molar refractivity (Wildman–Crippen MR) is 87.1 cm³/mol. The first-order valence-corrected chi connectivity index (χ1v) is 7.50. The van der Waals surface area contributed by atoms with Gasteiger partial charge in [0.05, 0.1) is 7.11 Å². The maximum Gasteiger partial charge on any atom is 0.122 e. The van der Waals surface area contributed by atoms with Gasteiger partial charge in [0.15, 0.2) is 0 Å². The van der Waals surface area contributed by atoms with E-state index in [0.717, 1.165) is 41.3 Å². The number of ether oxygens (including phenoxy) is 1. The lowest BCUT2D eigenvalue weighted by molar-refractivity contribution is 0.404. The van der Waals surface area contributed by atoms with Crippen molar-refractivity contribution in [2.75, 3.05) is 14.2 Å². The molecule has 1 aromatic carbocycles. The van der Waals surface area contributed by atoms with E-state index in [4.69, 9.17) is 16.3 Å². The molecule has 0 saturated heterocycles. The second-order valence-corrected chi connectivity index (χ2v) is 5.44. The number of rotatable bonds is 7. The lowest BCUT2D eigenvalue weighted by Gasteiger charge is -2.18. The third kappa shape index (κ3) is 4.73. The fourth-order valence-corrected chi connectivity index (χ4v) is 2.58. The van der Waals surface area contributed by atoms with E-state index in [1.54, 1.807) is 7.11 Å². The largest absolute Gasteiger partial charge is 0.496 e. The van der Waals surface area contributed by atoms with Crippen LogP contribution in [0.3, 0.4) is 0 Å². The standard InChI is InChI=1S/C17H21ClN2O/c1-19-16(8-7-15-5-3-4-10-20-15)12-13-11-14(18)6-9-17(13)21-2/h3-6,9-11,16,19H,7-8,12H2,1-2H3. The lowest BCUT2D eigenvalue weighted by Crippen LogP contribution is -2.28. The van der Waals surface area contributed by atoms with Gasteiger partial charge in [-0.25, -0.2) is 0 Å². The highest BCUT2D eigenvalue weighted by Gasteiger charge is 2.12. The van der Waals surface area contributed by atoms with E-state index < -0.39 is 0 Å². The average molecular weight is 305 g/mol. The fourth-order valence-electron chi connectivity index (χ4n) is 2.39. The quantitative estimate of drug-likeness (QED) is 0.850. The Morgan fingerprint density at radius 2 is 2.14 bits per heavy atom. The van der Waals surface area contributed by atoms with Gasteiger partial charge < -0.3 is 10.1 Å². The summed E-state index contributed by atoms with van der Waals surface area (Å²) >= 11 is 6.09. The molecule has 0 aliphatic heterocycles. The Morgan fingerprint density at radius 1 is 1.29 bits per heavy atom. The zero-order chi connectivity index (χ0) is 15.1. The Kier molecular flexibility index (Phi) is 6.03. The van der Waals surface area contributed by atoms with Crippen LogP contribution in [-0.2, 0) is 12.8 Å². The normalized spacial score (nSPS) is 12.1. The Balaban J connectivity index is 2.00. The summed E-state index contributed by atoms with van der Waals surface area (Å²) in [6.07, 6.45) is 4.69. The van der Waals surface area contributed by atoms with Gasteiger partial charge in [-0.1, -0.05) is 17.7 Å². The average Bonchev–Trinajstić information content (AvgIpc) is 2.52. The summed E-state index contributed by atoms with van der Waals surface area (Å²) < 4.78 is 5.41. The maximum absolute atomic E-state index is 6.09. The van der Waals surface area contributed by atoms with Crippen LogP contribution in [0.2, 0.25) is 5.02 Å².